The van der Waals surface area contributed by atoms with Crippen LogP contribution in [0.2, 0.25) is 0 Å². The van der Waals surface area contributed by atoms with E-state index in [9.17, 15) is 4.39 Å². The second-order valence-corrected chi connectivity index (χ2v) is 7.00. The minimum Gasteiger partial charge on any atom is -0.398 e. The fourth-order valence-electron chi connectivity index (χ4n) is 2.85. The standard InChI is InChI=1S/C15H26BFO3/c1-14(2)15(3,4)20-16(19-14)13(17)12-7-5-11(6-8-12)9-10-18/h11,18H,5-10H2,1-4H3. The number of aliphatic hydroxyl groups is 1. The second kappa shape index (κ2) is 5.78. The second-order valence-electron chi connectivity index (χ2n) is 7.00. The van der Waals surface area contributed by atoms with Crippen molar-refractivity contribution in [2.45, 2.75) is 71.0 Å². The molecule has 0 bridgehead atoms. The molecule has 1 aliphatic carbocycles. The van der Waals surface area contributed by atoms with Crippen molar-refractivity contribution < 1.29 is 18.8 Å². The first-order valence-corrected chi connectivity index (χ1v) is 7.61. The van der Waals surface area contributed by atoms with E-state index in [2.05, 4.69) is 0 Å². The molecule has 1 N–H and O–H groups in total. The van der Waals surface area contributed by atoms with E-state index in [1.54, 1.807) is 0 Å². The molecule has 0 atom stereocenters. The van der Waals surface area contributed by atoms with Gasteiger partial charge in [0, 0.05) is 6.61 Å². The summed E-state index contributed by atoms with van der Waals surface area (Å²) in [6.07, 6.45) is 4.22. The first-order valence-electron chi connectivity index (χ1n) is 7.61. The van der Waals surface area contributed by atoms with Gasteiger partial charge in [0.05, 0.1) is 11.2 Å². The van der Waals surface area contributed by atoms with Gasteiger partial charge < -0.3 is 14.4 Å². The van der Waals surface area contributed by atoms with Crippen molar-refractivity contribution in [3.8, 4) is 0 Å². The molecular weight excluding hydrogens is 258 g/mol. The molecule has 2 rings (SSSR count). The first kappa shape index (κ1) is 16.0. The Bertz CT molecular complexity index is 367. The molecular formula is C15H26BFO3. The lowest BCUT2D eigenvalue weighted by molar-refractivity contribution is 0.00578. The van der Waals surface area contributed by atoms with Crippen LogP contribution in [0.5, 0.6) is 0 Å². The minimum absolute atomic E-state index is 0.226. The van der Waals surface area contributed by atoms with Crippen LogP contribution in [0.25, 0.3) is 0 Å². The van der Waals surface area contributed by atoms with Gasteiger partial charge in [-0.15, -0.1) is 0 Å². The molecule has 5 heteroatoms. The molecule has 20 heavy (non-hydrogen) atoms. The fraction of sp³-hybridized carbons (Fsp3) is 0.867. The molecule has 0 aromatic rings. The topological polar surface area (TPSA) is 38.7 Å². The number of aliphatic hydroxyl groups excluding tert-OH is 1. The van der Waals surface area contributed by atoms with E-state index in [-0.39, 0.29) is 12.3 Å². The van der Waals surface area contributed by atoms with Crippen molar-refractivity contribution in [3.05, 3.63) is 11.3 Å². The lowest BCUT2D eigenvalue weighted by Gasteiger charge is -2.32. The number of allylic oxidation sites excluding steroid dienone is 1. The fourth-order valence-corrected chi connectivity index (χ4v) is 2.85. The molecule has 0 amide bonds. The van der Waals surface area contributed by atoms with Gasteiger partial charge in [0.25, 0.3) is 0 Å². The van der Waals surface area contributed by atoms with Gasteiger partial charge in [-0.3, -0.25) is 0 Å². The lowest BCUT2D eigenvalue weighted by atomic mass is 9.77. The summed E-state index contributed by atoms with van der Waals surface area (Å²) in [4.78, 5) is 0. The monoisotopic (exact) mass is 284 g/mol. The molecule has 1 saturated carbocycles. The van der Waals surface area contributed by atoms with Gasteiger partial charge in [-0.25, -0.2) is 4.39 Å². The molecule has 0 spiro atoms. The maximum absolute atomic E-state index is 14.6. The quantitative estimate of drug-likeness (QED) is 0.807. The lowest BCUT2D eigenvalue weighted by Crippen LogP contribution is -2.41. The molecule has 1 aliphatic heterocycles. The van der Waals surface area contributed by atoms with E-state index in [1.807, 2.05) is 27.7 Å². The predicted octanol–water partition coefficient (Wildman–Crippen LogP) is 3.41. The zero-order valence-electron chi connectivity index (χ0n) is 13.0. The summed E-state index contributed by atoms with van der Waals surface area (Å²) >= 11 is 0. The Morgan fingerprint density at radius 1 is 1.20 bits per heavy atom. The van der Waals surface area contributed by atoms with Gasteiger partial charge in [-0.1, -0.05) is 0 Å². The summed E-state index contributed by atoms with van der Waals surface area (Å²) in [5.41, 5.74) is -0.392. The van der Waals surface area contributed by atoms with Crippen molar-refractivity contribution in [1.29, 1.82) is 0 Å². The Labute approximate surface area is 121 Å². The van der Waals surface area contributed by atoms with E-state index >= 15 is 0 Å². The van der Waals surface area contributed by atoms with Crippen LogP contribution < -0.4 is 0 Å². The number of hydrogen-bond acceptors (Lipinski definition) is 3. The molecule has 1 saturated heterocycles. The third-order valence-corrected chi connectivity index (χ3v) is 5.04. The third kappa shape index (κ3) is 3.10. The Morgan fingerprint density at radius 3 is 2.15 bits per heavy atom. The minimum atomic E-state index is -0.857. The summed E-state index contributed by atoms with van der Waals surface area (Å²) in [5.74, 6) is 0.523. The molecule has 1 heterocycles. The van der Waals surface area contributed by atoms with Gasteiger partial charge >= 0.3 is 7.12 Å². The largest absolute Gasteiger partial charge is 0.525 e. The highest BCUT2D eigenvalue weighted by Crippen LogP contribution is 2.41. The highest BCUT2D eigenvalue weighted by molar-refractivity contribution is 6.53. The Balaban J connectivity index is 2.02. The van der Waals surface area contributed by atoms with Gasteiger partial charge in [0.15, 0.2) is 0 Å². The van der Waals surface area contributed by atoms with E-state index in [0.29, 0.717) is 5.92 Å². The van der Waals surface area contributed by atoms with Crippen molar-refractivity contribution in [1.82, 2.24) is 0 Å². The first-order chi connectivity index (χ1) is 9.27. The summed E-state index contributed by atoms with van der Waals surface area (Å²) in [7, 11) is -0.857. The van der Waals surface area contributed by atoms with Gasteiger partial charge in [-0.2, -0.15) is 0 Å². The van der Waals surface area contributed by atoms with Crippen molar-refractivity contribution in [3.63, 3.8) is 0 Å². The summed E-state index contributed by atoms with van der Waals surface area (Å²) < 4.78 is 26.1. The van der Waals surface area contributed by atoms with Crippen LogP contribution in [0.15, 0.2) is 11.3 Å². The van der Waals surface area contributed by atoms with Crippen LogP contribution in [0.3, 0.4) is 0 Å². The molecule has 3 nitrogen and oxygen atoms in total. The molecule has 0 unspecified atom stereocenters. The molecule has 0 aromatic carbocycles. The molecule has 114 valence electrons. The molecule has 0 radical (unpaired) electrons. The van der Waals surface area contributed by atoms with Crippen LogP contribution in [-0.2, 0) is 9.31 Å². The zero-order chi connectivity index (χ0) is 15.0. The molecule has 2 aliphatic rings. The maximum Gasteiger partial charge on any atom is 0.525 e. The maximum atomic E-state index is 14.6. The van der Waals surface area contributed by atoms with Crippen molar-refractivity contribution >= 4 is 7.12 Å². The van der Waals surface area contributed by atoms with Gasteiger partial charge in [0.1, 0.15) is 5.73 Å². The average molecular weight is 284 g/mol. The smallest absolute Gasteiger partial charge is 0.398 e. The normalized spacial score (nSPS) is 28.8. The number of rotatable bonds is 3. The van der Waals surface area contributed by atoms with E-state index in [1.165, 1.54) is 0 Å². The van der Waals surface area contributed by atoms with E-state index in [0.717, 1.165) is 37.7 Å². The van der Waals surface area contributed by atoms with Crippen molar-refractivity contribution in [2.75, 3.05) is 6.61 Å². The summed E-state index contributed by atoms with van der Waals surface area (Å²) in [6, 6.07) is 0. The van der Waals surface area contributed by atoms with Crippen LogP contribution in [0, 0.1) is 5.92 Å². The number of halogens is 1. The van der Waals surface area contributed by atoms with Crippen molar-refractivity contribution in [2.24, 2.45) is 5.92 Å². The Kier molecular flexibility index (Phi) is 4.62. The average Bonchev–Trinajstić information content (AvgIpc) is 2.59. The third-order valence-electron chi connectivity index (χ3n) is 5.04. The van der Waals surface area contributed by atoms with E-state index in [4.69, 9.17) is 14.4 Å². The van der Waals surface area contributed by atoms with Crippen LogP contribution in [-0.4, -0.2) is 30.0 Å². The van der Waals surface area contributed by atoms with Crippen LogP contribution in [0.4, 0.5) is 4.39 Å². The molecule has 0 aromatic heterocycles. The Hall–Kier alpha value is -0.385. The number of hydrogen-bond donors (Lipinski definition) is 1. The van der Waals surface area contributed by atoms with Crippen LogP contribution in [0.1, 0.15) is 59.8 Å². The zero-order valence-corrected chi connectivity index (χ0v) is 13.0. The Morgan fingerprint density at radius 2 is 1.70 bits per heavy atom. The highest BCUT2D eigenvalue weighted by Gasteiger charge is 2.53. The SMILES string of the molecule is CC1(C)OB(C(F)=C2CCC(CCO)CC2)OC1(C)C. The van der Waals surface area contributed by atoms with E-state index < -0.39 is 18.3 Å². The van der Waals surface area contributed by atoms with Gasteiger partial charge in [-0.05, 0) is 71.3 Å². The summed E-state index contributed by atoms with van der Waals surface area (Å²) in [5, 5.41) is 8.96. The molecule has 2 fully saturated rings. The van der Waals surface area contributed by atoms with Gasteiger partial charge in [0.2, 0.25) is 0 Å². The van der Waals surface area contributed by atoms with Crippen LogP contribution >= 0.6 is 0 Å². The predicted molar refractivity (Wildman–Crippen MR) is 77.9 cm³/mol. The summed E-state index contributed by atoms with van der Waals surface area (Å²) in [6.45, 7) is 7.96. The highest BCUT2D eigenvalue weighted by atomic mass is 19.1.